The number of unbranched alkanes of at least 4 members (excludes halogenated alkanes) is 10. The molecular formula is C33H60N6O12S6. The van der Waals surface area contributed by atoms with Gasteiger partial charge in [-0.3, -0.25) is 0 Å². The van der Waals surface area contributed by atoms with Crippen molar-refractivity contribution >= 4 is 59.0 Å². The molecule has 0 aliphatic carbocycles. The van der Waals surface area contributed by atoms with Gasteiger partial charge in [-0.1, -0.05) is 19.3 Å². The zero-order valence-corrected chi connectivity index (χ0v) is 38.8. The molecule has 0 atom stereocenters. The number of rotatable bonds is 21. The molecule has 0 fully saturated rings. The van der Waals surface area contributed by atoms with E-state index in [1.54, 1.807) is 6.07 Å². The van der Waals surface area contributed by atoms with Crippen molar-refractivity contribution in [2.24, 2.45) is 0 Å². The number of hydrogen-bond donors (Lipinski definition) is 0. The molecule has 57 heavy (non-hydrogen) atoms. The Labute approximate surface area is 344 Å². The predicted molar refractivity (Wildman–Crippen MR) is 221 cm³/mol. The fourth-order valence-corrected chi connectivity index (χ4v) is 6.55. The van der Waals surface area contributed by atoms with Gasteiger partial charge in [0.25, 0.3) is 0 Å². The van der Waals surface area contributed by atoms with Gasteiger partial charge in [-0.15, -0.1) is 0 Å². The molecular weight excluding hydrogens is 865 g/mol. The second-order valence-corrected chi connectivity index (χ2v) is 25.9. The van der Waals surface area contributed by atoms with E-state index in [0.29, 0.717) is 51.4 Å². The summed E-state index contributed by atoms with van der Waals surface area (Å²) in [6.07, 6.45) is 16.6. The molecule has 0 rings (SSSR count). The van der Waals surface area contributed by atoms with Crippen LogP contribution in [-0.4, -0.2) is 123 Å². The van der Waals surface area contributed by atoms with Gasteiger partial charge in [0.2, 0.25) is 0 Å². The van der Waals surface area contributed by atoms with Crippen LogP contribution in [-0.2, 0) is 59.0 Å². The van der Waals surface area contributed by atoms with Gasteiger partial charge in [0, 0.05) is 86.9 Å². The van der Waals surface area contributed by atoms with Crippen molar-refractivity contribution in [1.29, 1.82) is 31.6 Å². The molecule has 0 amide bonds. The van der Waals surface area contributed by atoms with Crippen LogP contribution in [0.5, 0.6) is 0 Å². The second kappa shape index (κ2) is 39.5. The molecule has 0 saturated heterocycles. The number of hydrogen-bond acceptors (Lipinski definition) is 18. The van der Waals surface area contributed by atoms with E-state index in [9.17, 15) is 50.5 Å². The molecule has 0 aliphatic rings. The number of sulfone groups is 6. The largest absolute Gasteiger partial charge is 0.229 e. The molecule has 0 bridgehead atoms. The topological polar surface area (TPSA) is 348 Å². The Morgan fingerprint density at radius 1 is 0.263 bits per heavy atom. The predicted octanol–water partition coefficient (Wildman–Crippen LogP) is 3.18. The summed E-state index contributed by atoms with van der Waals surface area (Å²) in [5, 5.41) is 48.2. The van der Waals surface area contributed by atoms with Gasteiger partial charge in [-0.25, -0.2) is 50.5 Å². The van der Waals surface area contributed by atoms with Crippen LogP contribution in [0.3, 0.4) is 0 Å². The highest BCUT2D eigenvalue weighted by molar-refractivity contribution is 7.91. The molecule has 0 spiro atoms. The Morgan fingerprint density at radius 3 is 0.719 bits per heavy atom. The zero-order valence-electron chi connectivity index (χ0n) is 33.9. The maximum absolute atomic E-state index is 10.7. The van der Waals surface area contributed by atoms with E-state index in [1.807, 2.05) is 18.2 Å². The van der Waals surface area contributed by atoms with E-state index >= 15 is 0 Å². The smallest absolute Gasteiger partial charge is 0.160 e. The third kappa shape index (κ3) is 106. The monoisotopic (exact) mass is 924 g/mol. The molecule has 0 N–H and O–H groups in total. The average Bonchev–Trinajstić information content (AvgIpc) is 3.02. The Balaban J connectivity index is -0.000000138. The van der Waals surface area contributed by atoms with E-state index < -0.39 is 59.0 Å². The van der Waals surface area contributed by atoms with E-state index in [0.717, 1.165) is 51.0 Å². The SMILES string of the molecule is CS(=O)(=O)CC#N.CS(=O)(=O)CCC#N.CS(=O)(=O)CCCC#N.CS(=O)(=O)CCCCC#N.CS(=O)(=O)CCCCCC#N.CS(=O)(=O)CCCCCCC#N. The van der Waals surface area contributed by atoms with Gasteiger partial charge in [-0.2, -0.15) is 31.6 Å². The highest BCUT2D eigenvalue weighted by atomic mass is 32.2. The molecule has 0 unspecified atom stereocenters. The van der Waals surface area contributed by atoms with Crippen molar-refractivity contribution in [3.05, 3.63) is 0 Å². The average molecular weight is 925 g/mol. The number of nitriles is 6. The minimum absolute atomic E-state index is 0.0243. The van der Waals surface area contributed by atoms with Gasteiger partial charge in [0.1, 0.15) is 54.9 Å². The van der Waals surface area contributed by atoms with Gasteiger partial charge in [-0.05, 0) is 44.9 Å². The molecule has 18 nitrogen and oxygen atoms in total. The van der Waals surface area contributed by atoms with Gasteiger partial charge >= 0.3 is 0 Å². The minimum atomic E-state index is -3.04. The first kappa shape index (κ1) is 65.5. The third-order valence-corrected chi connectivity index (χ3v) is 11.3. The Morgan fingerprint density at radius 2 is 0.491 bits per heavy atom. The fraction of sp³-hybridized carbons (Fsp3) is 0.818. The summed E-state index contributed by atoms with van der Waals surface area (Å²) in [4.78, 5) is 0. The molecule has 0 heterocycles. The molecule has 0 aromatic carbocycles. The summed E-state index contributed by atoms with van der Waals surface area (Å²) in [7, 11) is -17.2. The zero-order chi connectivity index (χ0) is 46.1. The molecule has 0 aromatic rings. The Kier molecular flexibility index (Phi) is 45.3. The molecule has 0 aliphatic heterocycles. The fourth-order valence-electron chi connectivity index (χ4n) is 3.00. The quantitative estimate of drug-likeness (QED) is 0.149. The standard InChI is InChI=1S/C8H15NO2S.C7H13NO2S.C6H11NO2S.C5H9NO2S.C4H7NO2S.C3H5NO2S/c1-12(10,11)8-6-4-2-3-5-7-9;1-11(9,10)7-5-3-2-4-6-8;1-10(8,9)6-4-2-3-5-7;1-9(7,8)5-3-2-4-6;1-8(6,7)4-2-3-5;1-7(5,6)3-2-4/h2-6,8H2,1H3;2-5,7H2,1H3;2-4,6H2,1H3;2-3,5H2,1H3;2,4H2,1H3;3H2,1H3. The van der Waals surface area contributed by atoms with Gasteiger partial charge in [0.05, 0.1) is 47.9 Å². The summed E-state index contributed by atoms with van der Waals surface area (Å²) < 4.78 is 125. The normalized spacial score (nSPS) is 10.7. The first-order valence-electron chi connectivity index (χ1n) is 17.1. The van der Waals surface area contributed by atoms with Crippen LogP contribution in [0.25, 0.3) is 0 Å². The highest BCUT2D eigenvalue weighted by Crippen LogP contribution is 2.03. The summed E-state index contributed by atoms with van der Waals surface area (Å²) in [5.74, 6) is 0.448. The van der Waals surface area contributed by atoms with Crippen molar-refractivity contribution in [2.75, 3.05) is 72.1 Å². The van der Waals surface area contributed by atoms with E-state index in [-0.39, 0.29) is 40.9 Å². The lowest BCUT2D eigenvalue weighted by Crippen LogP contribution is -2.02. The van der Waals surface area contributed by atoms with Crippen molar-refractivity contribution in [3.63, 3.8) is 0 Å². The van der Waals surface area contributed by atoms with E-state index in [4.69, 9.17) is 31.6 Å². The minimum Gasteiger partial charge on any atom is -0.229 e. The maximum Gasteiger partial charge on any atom is 0.160 e. The van der Waals surface area contributed by atoms with Crippen LogP contribution >= 0.6 is 0 Å². The molecule has 0 radical (unpaired) electrons. The first-order valence-corrected chi connectivity index (χ1v) is 29.5. The van der Waals surface area contributed by atoms with Crippen LogP contribution in [0.15, 0.2) is 0 Å². The number of nitrogens with zero attached hydrogens (tertiary/aromatic N) is 6. The Hall–Kier alpha value is -3.36. The van der Waals surface area contributed by atoms with Gasteiger partial charge < -0.3 is 0 Å². The summed E-state index contributed by atoms with van der Waals surface area (Å²) in [5.41, 5.74) is 0. The van der Waals surface area contributed by atoms with Crippen LogP contribution in [0.4, 0.5) is 0 Å². The Bertz CT molecular complexity index is 2000. The lowest BCUT2D eigenvalue weighted by Gasteiger charge is -1.97. The lowest BCUT2D eigenvalue weighted by molar-refractivity contribution is 0.592. The van der Waals surface area contributed by atoms with Crippen molar-refractivity contribution in [3.8, 4) is 36.4 Å². The van der Waals surface area contributed by atoms with Crippen molar-refractivity contribution in [1.82, 2.24) is 0 Å². The van der Waals surface area contributed by atoms with Crippen LogP contribution in [0, 0.1) is 68.0 Å². The van der Waals surface area contributed by atoms with Crippen LogP contribution in [0.2, 0.25) is 0 Å². The van der Waals surface area contributed by atoms with Gasteiger partial charge in [0.15, 0.2) is 9.84 Å². The van der Waals surface area contributed by atoms with E-state index in [2.05, 4.69) is 6.07 Å². The summed E-state index contributed by atoms with van der Waals surface area (Å²) in [6, 6.07) is 11.2. The summed E-state index contributed by atoms with van der Waals surface area (Å²) >= 11 is 0. The lowest BCUT2D eigenvalue weighted by atomic mass is 10.2. The first-order chi connectivity index (χ1) is 25.9. The second-order valence-electron chi connectivity index (χ2n) is 12.5. The third-order valence-electron chi connectivity index (χ3n) is 5.63. The van der Waals surface area contributed by atoms with Crippen molar-refractivity contribution in [2.45, 2.75) is 96.3 Å². The van der Waals surface area contributed by atoms with Crippen LogP contribution < -0.4 is 0 Å². The van der Waals surface area contributed by atoms with E-state index in [1.165, 1.54) is 31.1 Å². The maximum atomic E-state index is 10.7. The molecule has 0 aromatic heterocycles. The van der Waals surface area contributed by atoms with Crippen molar-refractivity contribution < 1.29 is 50.5 Å². The highest BCUT2D eigenvalue weighted by Gasteiger charge is 2.02. The molecule has 0 saturated carbocycles. The molecule has 24 heteroatoms. The molecule has 330 valence electrons. The summed E-state index contributed by atoms with van der Waals surface area (Å²) in [6.45, 7) is 0. The van der Waals surface area contributed by atoms with Crippen LogP contribution in [0.1, 0.15) is 96.3 Å².